The van der Waals surface area contributed by atoms with Gasteiger partial charge in [-0.1, -0.05) is 146 Å². The van der Waals surface area contributed by atoms with Crippen LogP contribution in [-0.2, 0) is 16.2 Å². The van der Waals surface area contributed by atoms with Gasteiger partial charge in [-0.25, -0.2) is 4.98 Å². The summed E-state index contributed by atoms with van der Waals surface area (Å²) in [7, 11) is 0. The Morgan fingerprint density at radius 1 is 0.482 bits per heavy atom. The molecule has 10 rings (SSSR count). The van der Waals surface area contributed by atoms with Gasteiger partial charge in [-0.15, -0.1) is 0 Å². The van der Waals surface area contributed by atoms with Crippen LogP contribution in [0.3, 0.4) is 0 Å². The predicted molar refractivity (Wildman–Crippen MR) is 233 cm³/mol. The first-order valence-electron chi connectivity index (χ1n) is 19.9. The van der Waals surface area contributed by atoms with Crippen LogP contribution in [0.4, 0.5) is 0 Å². The Morgan fingerprint density at radius 3 is 1.75 bits per heavy atom. The molecule has 0 unspecified atom stereocenters. The second kappa shape index (κ2) is 12.2. The lowest BCUT2D eigenvalue weighted by Crippen LogP contribution is -2.35. The highest BCUT2D eigenvalue weighted by molar-refractivity contribution is 6.19. The number of nitrogens with zero attached hydrogens (tertiary/aromatic N) is 5. The van der Waals surface area contributed by atoms with Crippen LogP contribution < -0.4 is 0 Å². The number of aromatic nitrogens is 5. The van der Waals surface area contributed by atoms with E-state index >= 15 is 0 Å². The Kier molecular flexibility index (Phi) is 7.51. The maximum absolute atomic E-state index is 5.33. The third-order valence-corrected chi connectivity index (χ3v) is 12.4. The van der Waals surface area contributed by atoms with Crippen LogP contribution in [0, 0.1) is 0 Å². The molecule has 0 bridgehead atoms. The number of rotatable bonds is 4. The summed E-state index contributed by atoms with van der Waals surface area (Å²) in [5, 5.41) is 4.82. The minimum absolute atomic E-state index is 0.0201. The molecular weight excluding hydrogens is 683 g/mol. The summed E-state index contributed by atoms with van der Waals surface area (Å²) in [6.45, 7) is 16.4. The molecule has 1 aliphatic carbocycles. The fraction of sp³-hybridized carbons (Fsp3) is 0.235. The lowest BCUT2D eigenvalue weighted by atomic mass is 9.62. The van der Waals surface area contributed by atoms with Crippen LogP contribution in [-0.4, -0.2) is 24.1 Å². The average Bonchev–Trinajstić information content (AvgIpc) is 3.70. The second-order valence-electron chi connectivity index (χ2n) is 18.0. The summed E-state index contributed by atoms with van der Waals surface area (Å²) in [5.41, 5.74) is 11.9. The Hall–Kier alpha value is -6.07. The normalized spacial score (nSPS) is 15.2. The molecule has 0 saturated carbocycles. The molecule has 0 radical (unpaired) electrons. The summed E-state index contributed by atoms with van der Waals surface area (Å²) in [4.78, 5) is 15.7. The fourth-order valence-corrected chi connectivity index (χ4v) is 9.23. The van der Waals surface area contributed by atoms with Crippen molar-refractivity contribution in [1.29, 1.82) is 0 Å². The van der Waals surface area contributed by atoms with Crippen molar-refractivity contribution in [3.8, 4) is 34.4 Å². The summed E-state index contributed by atoms with van der Waals surface area (Å²) in [6, 6.07) is 48.2. The number of para-hydroxylation sites is 2. The van der Waals surface area contributed by atoms with Crippen molar-refractivity contribution in [2.75, 3.05) is 0 Å². The van der Waals surface area contributed by atoms with E-state index in [1.165, 1.54) is 61.4 Å². The van der Waals surface area contributed by atoms with Crippen LogP contribution in [0.2, 0.25) is 0 Å². The first kappa shape index (κ1) is 34.4. The third kappa shape index (κ3) is 5.31. The minimum atomic E-state index is -0.0201. The van der Waals surface area contributed by atoms with Gasteiger partial charge < -0.3 is 4.57 Å². The second-order valence-corrected chi connectivity index (χ2v) is 18.0. The van der Waals surface area contributed by atoms with Crippen molar-refractivity contribution >= 4 is 43.6 Å². The zero-order valence-corrected chi connectivity index (χ0v) is 33.4. The molecule has 0 spiro atoms. The molecule has 0 N–H and O–H groups in total. The van der Waals surface area contributed by atoms with Gasteiger partial charge in [0.05, 0.1) is 27.8 Å². The Labute approximate surface area is 328 Å². The summed E-state index contributed by atoms with van der Waals surface area (Å²) in [6.07, 6.45) is 2.31. The van der Waals surface area contributed by atoms with E-state index < -0.39 is 0 Å². The van der Waals surface area contributed by atoms with Gasteiger partial charge in [0.1, 0.15) is 0 Å². The Bertz CT molecular complexity index is 3010. The molecule has 0 aliphatic heterocycles. The average molecular weight is 730 g/mol. The van der Waals surface area contributed by atoms with Gasteiger partial charge in [0.25, 0.3) is 0 Å². The van der Waals surface area contributed by atoms with Gasteiger partial charge in [-0.05, 0) is 82.2 Å². The van der Waals surface area contributed by atoms with E-state index in [9.17, 15) is 0 Å². The standard InChI is InChI=1S/C51H47N5/c1-49(2,3)34-20-15-19-33(29-34)47-52-46(32-17-9-8-10-18-32)53-48(54-47)56-41-25-14-12-22-36(41)38-30-37-35-21-11-13-24-40(35)55(43(37)31-44(38)56)42-26-16-23-39-45(42)51(6,7)28-27-50(39,4)5/h8-26,29-31H,27-28H2,1-7H3. The van der Waals surface area contributed by atoms with Gasteiger partial charge in [-0.3, -0.25) is 4.57 Å². The molecule has 276 valence electrons. The van der Waals surface area contributed by atoms with Crippen LogP contribution in [0.25, 0.3) is 78.0 Å². The maximum Gasteiger partial charge on any atom is 0.238 e. The molecule has 0 amide bonds. The summed E-state index contributed by atoms with van der Waals surface area (Å²) < 4.78 is 4.78. The summed E-state index contributed by atoms with van der Waals surface area (Å²) in [5.74, 6) is 1.90. The quantitative estimate of drug-likeness (QED) is 0.181. The van der Waals surface area contributed by atoms with Gasteiger partial charge in [-0.2, -0.15) is 9.97 Å². The molecular formula is C51H47N5. The number of fused-ring (bicyclic) bond motifs is 7. The third-order valence-electron chi connectivity index (χ3n) is 12.4. The van der Waals surface area contributed by atoms with Crippen molar-refractivity contribution in [2.45, 2.75) is 77.6 Å². The number of hydrogen-bond acceptors (Lipinski definition) is 3. The van der Waals surface area contributed by atoms with Crippen LogP contribution in [0.1, 0.15) is 78.0 Å². The number of hydrogen-bond donors (Lipinski definition) is 0. The smallest absolute Gasteiger partial charge is 0.238 e. The van der Waals surface area contributed by atoms with E-state index in [0.717, 1.165) is 28.6 Å². The van der Waals surface area contributed by atoms with E-state index in [1.54, 1.807) is 0 Å². The molecule has 5 heteroatoms. The highest BCUT2D eigenvalue weighted by Crippen LogP contribution is 2.49. The maximum atomic E-state index is 5.33. The minimum Gasteiger partial charge on any atom is -0.309 e. The Balaban J connectivity index is 1.31. The van der Waals surface area contributed by atoms with Crippen molar-refractivity contribution < 1.29 is 0 Å². The molecule has 3 aromatic heterocycles. The molecule has 0 fully saturated rings. The molecule has 3 heterocycles. The van der Waals surface area contributed by atoms with Crippen molar-refractivity contribution in [3.63, 3.8) is 0 Å². The van der Waals surface area contributed by atoms with Crippen LogP contribution in [0.5, 0.6) is 0 Å². The van der Waals surface area contributed by atoms with Gasteiger partial charge in [0.2, 0.25) is 5.95 Å². The molecule has 56 heavy (non-hydrogen) atoms. The van der Waals surface area contributed by atoms with Crippen LogP contribution in [0.15, 0.2) is 133 Å². The zero-order chi connectivity index (χ0) is 38.6. The first-order valence-corrected chi connectivity index (χ1v) is 19.9. The van der Waals surface area contributed by atoms with Gasteiger partial charge in [0.15, 0.2) is 11.6 Å². The molecule has 9 aromatic rings. The largest absolute Gasteiger partial charge is 0.309 e. The molecule has 0 saturated heterocycles. The van der Waals surface area contributed by atoms with Crippen LogP contribution >= 0.6 is 0 Å². The first-order chi connectivity index (χ1) is 26.9. The molecule has 5 nitrogen and oxygen atoms in total. The topological polar surface area (TPSA) is 48.5 Å². The SMILES string of the molecule is CC(C)(C)c1cccc(-c2nc(-c3ccccc3)nc(-n3c4ccccc4c4cc5c6ccccc6n(-c6cccc7c6C(C)(C)CCC7(C)C)c5cc43)n2)c1. The lowest BCUT2D eigenvalue weighted by molar-refractivity contribution is 0.331. The number of benzene rings is 6. The summed E-state index contributed by atoms with van der Waals surface area (Å²) >= 11 is 0. The molecule has 1 aliphatic rings. The predicted octanol–water partition coefficient (Wildman–Crippen LogP) is 13.0. The Morgan fingerprint density at radius 2 is 1.05 bits per heavy atom. The fourth-order valence-electron chi connectivity index (χ4n) is 9.23. The molecule has 6 aromatic carbocycles. The van der Waals surface area contributed by atoms with Gasteiger partial charge >= 0.3 is 0 Å². The van der Waals surface area contributed by atoms with E-state index in [0.29, 0.717) is 17.6 Å². The van der Waals surface area contributed by atoms with E-state index in [-0.39, 0.29) is 16.2 Å². The monoisotopic (exact) mass is 729 g/mol. The van der Waals surface area contributed by atoms with E-state index in [4.69, 9.17) is 15.0 Å². The van der Waals surface area contributed by atoms with Gasteiger partial charge in [0, 0.05) is 32.7 Å². The highest BCUT2D eigenvalue weighted by atomic mass is 15.2. The van der Waals surface area contributed by atoms with Crippen molar-refractivity contribution in [2.24, 2.45) is 0 Å². The van der Waals surface area contributed by atoms with Crippen molar-refractivity contribution in [3.05, 3.63) is 150 Å². The molecule has 0 atom stereocenters. The zero-order valence-electron chi connectivity index (χ0n) is 33.4. The van der Waals surface area contributed by atoms with E-state index in [2.05, 4.69) is 173 Å². The van der Waals surface area contributed by atoms with Crippen molar-refractivity contribution in [1.82, 2.24) is 24.1 Å². The van der Waals surface area contributed by atoms with E-state index in [1.807, 2.05) is 18.2 Å². The highest BCUT2D eigenvalue weighted by Gasteiger charge is 2.39. The lowest BCUT2D eigenvalue weighted by Gasteiger charge is -2.43.